The lowest BCUT2D eigenvalue weighted by Crippen LogP contribution is -2.28. The third-order valence-electron chi connectivity index (χ3n) is 2.83. The van der Waals surface area contributed by atoms with Crippen LogP contribution in [-0.4, -0.2) is 10.1 Å². The van der Waals surface area contributed by atoms with E-state index in [4.69, 9.17) is 47.0 Å². The van der Waals surface area contributed by atoms with Gasteiger partial charge in [0.25, 0.3) is 0 Å². The van der Waals surface area contributed by atoms with Gasteiger partial charge in [-0.3, -0.25) is 0 Å². The third-order valence-corrected chi connectivity index (χ3v) is 4.29. The summed E-state index contributed by atoms with van der Waals surface area (Å²) in [6, 6.07) is 7.55. The fourth-order valence-electron chi connectivity index (χ4n) is 1.61. The summed E-state index contributed by atoms with van der Waals surface area (Å²) >= 11 is 23.4. The number of hydrogen-bond acceptors (Lipinski definition) is 2. The highest BCUT2D eigenvalue weighted by Gasteiger charge is 2.10. The Labute approximate surface area is 143 Å². The number of benzene rings is 1. The van der Waals surface area contributed by atoms with Crippen LogP contribution in [0.25, 0.3) is 0 Å². The highest BCUT2D eigenvalue weighted by molar-refractivity contribution is 7.80. The van der Waals surface area contributed by atoms with Gasteiger partial charge in [0.2, 0.25) is 0 Å². The summed E-state index contributed by atoms with van der Waals surface area (Å²) in [7, 11) is 0. The molecular weight excluding hydrogens is 349 g/mol. The van der Waals surface area contributed by atoms with Gasteiger partial charge in [-0.2, -0.15) is 0 Å². The molecule has 0 radical (unpaired) electrons. The van der Waals surface area contributed by atoms with Crippen molar-refractivity contribution in [2.75, 3.05) is 5.32 Å². The quantitative estimate of drug-likeness (QED) is 0.768. The number of thiocarbonyl (C=S) groups is 1. The SMILES string of the molecule is Cc1c(Cl)cnc(NC(=S)NCc2ccccc2Cl)c1Cl. The molecule has 7 heteroatoms. The lowest BCUT2D eigenvalue weighted by atomic mass is 10.2. The van der Waals surface area contributed by atoms with Crippen molar-refractivity contribution in [3.63, 3.8) is 0 Å². The van der Waals surface area contributed by atoms with E-state index in [1.165, 1.54) is 6.20 Å². The molecule has 1 aromatic heterocycles. The van der Waals surface area contributed by atoms with Gasteiger partial charge in [0.15, 0.2) is 10.9 Å². The number of hydrogen-bond donors (Lipinski definition) is 2. The van der Waals surface area contributed by atoms with E-state index in [1.807, 2.05) is 31.2 Å². The average Bonchev–Trinajstić information content (AvgIpc) is 2.47. The normalized spacial score (nSPS) is 10.3. The van der Waals surface area contributed by atoms with Crippen molar-refractivity contribution in [3.05, 3.63) is 56.7 Å². The number of nitrogens with zero attached hydrogens (tertiary/aromatic N) is 1. The Morgan fingerprint density at radius 1 is 1.19 bits per heavy atom. The van der Waals surface area contributed by atoms with E-state index in [0.717, 1.165) is 11.1 Å². The van der Waals surface area contributed by atoms with Crippen LogP contribution in [0.1, 0.15) is 11.1 Å². The lowest BCUT2D eigenvalue weighted by molar-refractivity contribution is 0.925. The Kier molecular flexibility index (Phi) is 5.65. The van der Waals surface area contributed by atoms with Crippen LogP contribution >= 0.6 is 47.0 Å². The molecule has 21 heavy (non-hydrogen) atoms. The van der Waals surface area contributed by atoms with Gasteiger partial charge in [0.05, 0.1) is 10.0 Å². The molecule has 0 bridgehead atoms. The molecule has 0 saturated heterocycles. The first-order valence-corrected chi connectivity index (χ1v) is 7.62. The first-order valence-electron chi connectivity index (χ1n) is 6.08. The molecule has 0 atom stereocenters. The summed E-state index contributed by atoms with van der Waals surface area (Å²) in [6.07, 6.45) is 1.53. The second-order valence-corrected chi connectivity index (χ2v) is 5.89. The molecule has 3 nitrogen and oxygen atoms in total. The van der Waals surface area contributed by atoms with E-state index in [1.54, 1.807) is 0 Å². The molecule has 2 rings (SSSR count). The van der Waals surface area contributed by atoms with E-state index >= 15 is 0 Å². The molecule has 2 N–H and O–H groups in total. The van der Waals surface area contributed by atoms with Crippen molar-refractivity contribution in [1.82, 2.24) is 10.3 Å². The lowest BCUT2D eigenvalue weighted by Gasteiger charge is -2.13. The predicted molar refractivity (Wildman–Crippen MR) is 93.5 cm³/mol. The maximum Gasteiger partial charge on any atom is 0.172 e. The Hall–Kier alpha value is -1.07. The van der Waals surface area contributed by atoms with Crippen molar-refractivity contribution < 1.29 is 0 Å². The molecule has 1 aromatic carbocycles. The summed E-state index contributed by atoms with van der Waals surface area (Å²) in [5.74, 6) is 0.468. The highest BCUT2D eigenvalue weighted by Crippen LogP contribution is 2.28. The minimum atomic E-state index is 0.408. The van der Waals surface area contributed by atoms with Gasteiger partial charge in [0, 0.05) is 17.8 Å². The maximum absolute atomic E-state index is 6.17. The zero-order valence-electron chi connectivity index (χ0n) is 11.1. The van der Waals surface area contributed by atoms with Gasteiger partial charge in [0.1, 0.15) is 0 Å². The van der Waals surface area contributed by atoms with Crippen molar-refractivity contribution in [2.24, 2.45) is 0 Å². The fourth-order valence-corrected chi connectivity index (χ4v) is 2.37. The molecular formula is C14H12Cl3N3S. The molecule has 2 aromatic rings. The van der Waals surface area contributed by atoms with E-state index < -0.39 is 0 Å². The average molecular weight is 361 g/mol. The molecule has 0 amide bonds. The first-order chi connectivity index (χ1) is 9.99. The predicted octanol–water partition coefficient (Wildman–Crippen LogP) is 4.84. The summed E-state index contributed by atoms with van der Waals surface area (Å²) in [5, 5.41) is 8.05. The van der Waals surface area contributed by atoms with Crippen LogP contribution in [0.2, 0.25) is 15.1 Å². The second-order valence-electron chi connectivity index (χ2n) is 4.29. The molecule has 0 unspecified atom stereocenters. The first kappa shape index (κ1) is 16.3. The Balaban J connectivity index is 2.00. The van der Waals surface area contributed by atoms with Gasteiger partial charge in [-0.1, -0.05) is 53.0 Å². The second kappa shape index (κ2) is 7.27. The standard InChI is InChI=1S/C14H12Cl3N3S/c1-8-11(16)7-18-13(12(8)17)20-14(21)19-6-9-4-2-3-5-10(9)15/h2-5,7H,6H2,1H3,(H2,18,19,20,21). The smallest absolute Gasteiger partial charge is 0.172 e. The number of anilines is 1. The van der Waals surface area contributed by atoms with Crippen LogP contribution in [0.4, 0.5) is 5.82 Å². The third kappa shape index (κ3) is 4.20. The maximum atomic E-state index is 6.17. The molecule has 1 heterocycles. The summed E-state index contributed by atoms with van der Waals surface area (Å²) in [4.78, 5) is 4.12. The van der Waals surface area contributed by atoms with E-state index in [0.29, 0.717) is 32.5 Å². The minimum Gasteiger partial charge on any atom is -0.358 e. The highest BCUT2D eigenvalue weighted by atomic mass is 35.5. The number of pyridine rings is 1. The topological polar surface area (TPSA) is 37.0 Å². The number of halogens is 3. The molecule has 0 saturated carbocycles. The zero-order valence-corrected chi connectivity index (χ0v) is 14.2. The monoisotopic (exact) mass is 359 g/mol. The largest absolute Gasteiger partial charge is 0.358 e. The number of rotatable bonds is 3. The van der Waals surface area contributed by atoms with Gasteiger partial charge < -0.3 is 10.6 Å². The Morgan fingerprint density at radius 3 is 2.62 bits per heavy atom. The van der Waals surface area contributed by atoms with Crippen LogP contribution in [0.15, 0.2) is 30.5 Å². The molecule has 0 aliphatic heterocycles. The van der Waals surface area contributed by atoms with Crippen molar-refractivity contribution in [2.45, 2.75) is 13.5 Å². The summed E-state index contributed by atoms with van der Waals surface area (Å²) in [5.41, 5.74) is 1.71. The zero-order chi connectivity index (χ0) is 15.4. The number of aromatic nitrogens is 1. The van der Waals surface area contributed by atoms with Crippen LogP contribution in [0.3, 0.4) is 0 Å². The molecule has 0 aliphatic carbocycles. The van der Waals surface area contributed by atoms with E-state index in [9.17, 15) is 0 Å². The van der Waals surface area contributed by atoms with Crippen molar-refractivity contribution in [3.8, 4) is 0 Å². The van der Waals surface area contributed by atoms with Crippen molar-refractivity contribution in [1.29, 1.82) is 0 Å². The van der Waals surface area contributed by atoms with E-state index in [-0.39, 0.29) is 0 Å². The fraction of sp³-hybridized carbons (Fsp3) is 0.143. The van der Waals surface area contributed by atoms with Crippen LogP contribution in [0.5, 0.6) is 0 Å². The Morgan fingerprint density at radius 2 is 1.90 bits per heavy atom. The number of nitrogens with one attached hydrogen (secondary N) is 2. The van der Waals surface area contributed by atoms with Crippen LogP contribution in [-0.2, 0) is 6.54 Å². The molecule has 110 valence electrons. The molecule has 0 aliphatic rings. The van der Waals surface area contributed by atoms with Gasteiger partial charge in [-0.05, 0) is 36.3 Å². The van der Waals surface area contributed by atoms with Gasteiger partial charge >= 0.3 is 0 Å². The van der Waals surface area contributed by atoms with E-state index in [2.05, 4.69) is 15.6 Å². The Bertz CT molecular complexity index is 677. The molecule has 0 fully saturated rings. The van der Waals surface area contributed by atoms with Crippen LogP contribution < -0.4 is 10.6 Å². The van der Waals surface area contributed by atoms with Crippen LogP contribution in [0, 0.1) is 6.92 Å². The molecule has 0 spiro atoms. The minimum absolute atomic E-state index is 0.408. The summed E-state index contributed by atoms with van der Waals surface area (Å²) in [6.45, 7) is 2.33. The van der Waals surface area contributed by atoms with Crippen molar-refractivity contribution >= 4 is 58.0 Å². The van der Waals surface area contributed by atoms with Gasteiger partial charge in [-0.25, -0.2) is 4.98 Å². The summed E-state index contributed by atoms with van der Waals surface area (Å²) < 4.78 is 0. The van der Waals surface area contributed by atoms with Gasteiger partial charge in [-0.15, -0.1) is 0 Å².